The van der Waals surface area contributed by atoms with Gasteiger partial charge in [-0.3, -0.25) is 19.5 Å². The van der Waals surface area contributed by atoms with Gasteiger partial charge in [0, 0.05) is 22.3 Å². The molecule has 7 heteroatoms. The van der Waals surface area contributed by atoms with E-state index in [0.29, 0.717) is 27.4 Å². The van der Waals surface area contributed by atoms with Crippen molar-refractivity contribution < 1.29 is 19.1 Å². The zero-order chi connectivity index (χ0) is 23.3. The Morgan fingerprint density at radius 1 is 1.09 bits per heavy atom. The van der Waals surface area contributed by atoms with Gasteiger partial charge in [-0.05, 0) is 67.4 Å². The van der Waals surface area contributed by atoms with Gasteiger partial charge in [0.1, 0.15) is 11.6 Å². The molecule has 5 rings (SSSR count). The lowest BCUT2D eigenvalue weighted by atomic mass is 9.97. The average Bonchev–Trinajstić information content (AvgIpc) is 3.34. The number of benzene rings is 2. The van der Waals surface area contributed by atoms with Crippen molar-refractivity contribution in [3.05, 3.63) is 106 Å². The van der Waals surface area contributed by atoms with E-state index >= 15 is 0 Å². The smallest absolute Gasteiger partial charge is 0.294 e. The Hall–Kier alpha value is -3.90. The number of halogens is 1. The first-order valence-corrected chi connectivity index (χ1v) is 10.7. The van der Waals surface area contributed by atoms with E-state index in [2.05, 4.69) is 4.98 Å². The van der Waals surface area contributed by atoms with Crippen LogP contribution in [0.5, 0.6) is 0 Å². The molecule has 1 unspecified atom stereocenters. The number of aromatic nitrogens is 1. The number of rotatable bonds is 4. The summed E-state index contributed by atoms with van der Waals surface area (Å²) in [4.78, 5) is 32.7. The molecule has 2 aromatic heterocycles. The fraction of sp³-hybridized carbons (Fsp3) is 0.115. The summed E-state index contributed by atoms with van der Waals surface area (Å²) >= 11 is 6.06. The van der Waals surface area contributed by atoms with Crippen LogP contribution in [0.2, 0.25) is 5.02 Å². The van der Waals surface area contributed by atoms with E-state index in [1.54, 1.807) is 54.7 Å². The number of aryl methyl sites for hydroxylation is 1. The van der Waals surface area contributed by atoms with E-state index in [0.717, 1.165) is 11.1 Å². The van der Waals surface area contributed by atoms with Crippen molar-refractivity contribution in [2.45, 2.75) is 19.9 Å². The number of pyridine rings is 1. The van der Waals surface area contributed by atoms with Crippen molar-refractivity contribution in [3.63, 3.8) is 0 Å². The van der Waals surface area contributed by atoms with Crippen LogP contribution in [0, 0.1) is 13.8 Å². The minimum atomic E-state index is -0.913. The third-order valence-corrected chi connectivity index (χ3v) is 6.19. The van der Waals surface area contributed by atoms with Crippen LogP contribution in [0.25, 0.3) is 11.0 Å². The Labute approximate surface area is 194 Å². The Balaban J connectivity index is 1.68. The van der Waals surface area contributed by atoms with Crippen LogP contribution in [0.1, 0.15) is 33.4 Å². The van der Waals surface area contributed by atoms with Gasteiger partial charge in [-0.25, -0.2) is 0 Å². The fourth-order valence-electron chi connectivity index (χ4n) is 4.16. The predicted octanol–water partition coefficient (Wildman–Crippen LogP) is 5.88. The lowest BCUT2D eigenvalue weighted by Crippen LogP contribution is -2.32. The largest absolute Gasteiger partial charge is 0.503 e. The highest BCUT2D eigenvalue weighted by atomic mass is 35.5. The summed E-state index contributed by atoms with van der Waals surface area (Å²) in [5.41, 5.74) is 3.30. The first kappa shape index (κ1) is 21.0. The summed E-state index contributed by atoms with van der Waals surface area (Å²) in [6.45, 7) is 3.83. The van der Waals surface area contributed by atoms with Crippen LogP contribution in [0.3, 0.4) is 0 Å². The molecule has 1 aliphatic heterocycles. The number of hydrogen-bond acceptors (Lipinski definition) is 5. The van der Waals surface area contributed by atoms with Crippen LogP contribution in [0.15, 0.2) is 82.6 Å². The molecular formula is C26H19ClN2O4. The van der Waals surface area contributed by atoms with Gasteiger partial charge in [0.05, 0.1) is 11.3 Å². The van der Waals surface area contributed by atoms with E-state index in [9.17, 15) is 14.7 Å². The Morgan fingerprint density at radius 3 is 2.67 bits per heavy atom. The number of aliphatic hydroxyl groups is 1. The molecule has 0 fully saturated rings. The maximum absolute atomic E-state index is 13.6. The summed E-state index contributed by atoms with van der Waals surface area (Å²) in [5, 5.41) is 12.1. The van der Waals surface area contributed by atoms with Crippen LogP contribution in [-0.2, 0) is 4.79 Å². The van der Waals surface area contributed by atoms with Crippen molar-refractivity contribution in [2.24, 2.45) is 0 Å². The van der Waals surface area contributed by atoms with Crippen molar-refractivity contribution >= 4 is 39.9 Å². The van der Waals surface area contributed by atoms with E-state index in [-0.39, 0.29) is 11.3 Å². The quantitative estimate of drug-likeness (QED) is 0.386. The summed E-state index contributed by atoms with van der Waals surface area (Å²) in [5.74, 6) is -1.86. The summed E-state index contributed by atoms with van der Waals surface area (Å²) in [7, 11) is 0. The van der Waals surface area contributed by atoms with Crippen LogP contribution < -0.4 is 4.90 Å². The SMILES string of the molecule is Cc1cccc(N2C(=O)C(O)=C(C(=O)c3cc4cc(Cl)ccc4o3)C2c2ccccn2)c1C. The fourth-order valence-corrected chi connectivity index (χ4v) is 4.34. The number of furan rings is 1. The number of ketones is 1. The van der Waals surface area contributed by atoms with Gasteiger partial charge in [0.2, 0.25) is 5.78 Å². The predicted molar refractivity (Wildman–Crippen MR) is 126 cm³/mol. The number of carbonyl (C=O) groups excluding carboxylic acids is 2. The van der Waals surface area contributed by atoms with Gasteiger partial charge in [0.25, 0.3) is 5.91 Å². The number of hydrogen-bond donors (Lipinski definition) is 1. The molecule has 0 saturated heterocycles. The molecule has 4 aromatic rings. The molecular weight excluding hydrogens is 440 g/mol. The van der Waals surface area contributed by atoms with Crippen molar-refractivity contribution in [1.82, 2.24) is 4.98 Å². The average molecular weight is 459 g/mol. The molecule has 0 bridgehead atoms. The Morgan fingerprint density at radius 2 is 1.91 bits per heavy atom. The number of nitrogens with zero attached hydrogens (tertiary/aromatic N) is 2. The number of fused-ring (bicyclic) bond motifs is 1. The van der Waals surface area contributed by atoms with Crippen LogP contribution in [-0.4, -0.2) is 21.8 Å². The van der Waals surface area contributed by atoms with Gasteiger partial charge in [-0.15, -0.1) is 0 Å². The first-order chi connectivity index (χ1) is 15.9. The second kappa shape index (κ2) is 7.90. The molecule has 1 N–H and O–H groups in total. The van der Waals surface area contributed by atoms with Gasteiger partial charge in [-0.1, -0.05) is 29.8 Å². The molecule has 33 heavy (non-hydrogen) atoms. The molecule has 0 saturated carbocycles. The lowest BCUT2D eigenvalue weighted by molar-refractivity contribution is -0.117. The van der Waals surface area contributed by atoms with Crippen molar-refractivity contribution in [2.75, 3.05) is 4.90 Å². The number of anilines is 1. The Bertz CT molecular complexity index is 1460. The normalized spacial score (nSPS) is 16.2. The van der Waals surface area contributed by atoms with Crippen molar-refractivity contribution in [1.29, 1.82) is 0 Å². The zero-order valence-corrected chi connectivity index (χ0v) is 18.6. The molecule has 6 nitrogen and oxygen atoms in total. The molecule has 0 spiro atoms. The monoisotopic (exact) mass is 458 g/mol. The maximum Gasteiger partial charge on any atom is 0.294 e. The molecule has 2 aromatic carbocycles. The number of amides is 1. The highest BCUT2D eigenvalue weighted by molar-refractivity contribution is 6.31. The third-order valence-electron chi connectivity index (χ3n) is 5.96. The topological polar surface area (TPSA) is 83.6 Å². The minimum Gasteiger partial charge on any atom is -0.503 e. The zero-order valence-electron chi connectivity index (χ0n) is 17.9. The van der Waals surface area contributed by atoms with E-state index in [1.807, 2.05) is 26.0 Å². The van der Waals surface area contributed by atoms with Gasteiger partial charge in [0.15, 0.2) is 11.5 Å². The second-order valence-corrected chi connectivity index (χ2v) is 8.37. The highest BCUT2D eigenvalue weighted by Gasteiger charge is 2.46. The molecule has 0 aliphatic carbocycles. The van der Waals surface area contributed by atoms with Gasteiger partial charge >= 0.3 is 0 Å². The number of Topliss-reactive ketones (excluding diaryl/α,β-unsaturated/α-hetero) is 1. The lowest BCUT2D eigenvalue weighted by Gasteiger charge is -2.27. The van der Waals surface area contributed by atoms with Gasteiger partial charge in [-0.2, -0.15) is 0 Å². The van der Waals surface area contributed by atoms with Gasteiger partial charge < -0.3 is 9.52 Å². The highest BCUT2D eigenvalue weighted by Crippen LogP contribution is 2.43. The van der Waals surface area contributed by atoms with E-state index < -0.39 is 23.5 Å². The molecule has 1 atom stereocenters. The van der Waals surface area contributed by atoms with Crippen molar-refractivity contribution in [3.8, 4) is 0 Å². The third kappa shape index (κ3) is 3.39. The van der Waals surface area contributed by atoms with E-state index in [1.165, 1.54) is 4.90 Å². The minimum absolute atomic E-state index is 0.00496. The molecule has 164 valence electrons. The number of carbonyl (C=O) groups is 2. The van der Waals surface area contributed by atoms with Crippen LogP contribution in [0.4, 0.5) is 5.69 Å². The summed E-state index contributed by atoms with van der Waals surface area (Å²) < 4.78 is 5.75. The first-order valence-electron chi connectivity index (χ1n) is 10.3. The standard InChI is InChI=1S/C26H19ClN2O4/c1-14-6-5-8-19(15(14)2)29-23(18-7-3-4-11-28-18)22(25(31)26(29)32)24(30)21-13-16-12-17(27)9-10-20(16)33-21/h3-13,23,31H,1-2H3. The molecule has 3 heterocycles. The number of aliphatic hydroxyl groups excluding tert-OH is 1. The van der Waals surface area contributed by atoms with Crippen LogP contribution >= 0.6 is 11.6 Å². The molecule has 1 aliphatic rings. The van der Waals surface area contributed by atoms with E-state index in [4.69, 9.17) is 16.0 Å². The maximum atomic E-state index is 13.6. The second-order valence-electron chi connectivity index (χ2n) is 7.94. The molecule has 1 amide bonds. The summed E-state index contributed by atoms with van der Waals surface area (Å²) in [6, 6.07) is 16.5. The molecule has 0 radical (unpaired) electrons. The summed E-state index contributed by atoms with van der Waals surface area (Å²) in [6.07, 6.45) is 1.59. The Kier molecular flexibility index (Phi) is 5.02.